The molecular formula is C13H16N4. The standard InChI is InChI=1S/C13H16N4/c1-9-5-4-8-12-15-13(16-17(9)12)10-6-2-3-7-11(10)14/h2-3,6-7,9H,4-5,8,14H2,1H3. The molecule has 0 amide bonds. The Morgan fingerprint density at radius 3 is 2.94 bits per heavy atom. The number of aryl methyl sites for hydroxylation is 1. The summed E-state index contributed by atoms with van der Waals surface area (Å²) in [7, 11) is 0. The van der Waals surface area contributed by atoms with Gasteiger partial charge in [0.15, 0.2) is 5.82 Å². The molecule has 1 atom stereocenters. The SMILES string of the molecule is CC1CCCc2nc(-c3ccccc3N)nn21. The second-order valence-electron chi connectivity index (χ2n) is 4.62. The van der Waals surface area contributed by atoms with Crippen molar-refractivity contribution in [2.75, 3.05) is 5.73 Å². The molecule has 0 bridgehead atoms. The van der Waals surface area contributed by atoms with E-state index in [0.717, 1.165) is 29.3 Å². The minimum Gasteiger partial charge on any atom is -0.398 e. The van der Waals surface area contributed by atoms with Gasteiger partial charge in [-0.25, -0.2) is 9.67 Å². The first-order valence-electron chi connectivity index (χ1n) is 6.06. The quantitative estimate of drug-likeness (QED) is 0.763. The molecular weight excluding hydrogens is 212 g/mol. The van der Waals surface area contributed by atoms with E-state index in [0.29, 0.717) is 6.04 Å². The van der Waals surface area contributed by atoms with E-state index in [9.17, 15) is 0 Å². The van der Waals surface area contributed by atoms with Gasteiger partial charge < -0.3 is 5.73 Å². The second kappa shape index (κ2) is 3.87. The van der Waals surface area contributed by atoms with E-state index < -0.39 is 0 Å². The van der Waals surface area contributed by atoms with E-state index in [2.05, 4.69) is 17.0 Å². The van der Waals surface area contributed by atoms with Gasteiger partial charge in [-0.15, -0.1) is 0 Å². The van der Waals surface area contributed by atoms with E-state index in [1.54, 1.807) is 0 Å². The molecule has 4 heteroatoms. The second-order valence-corrected chi connectivity index (χ2v) is 4.62. The lowest BCUT2D eigenvalue weighted by Crippen LogP contribution is -2.16. The smallest absolute Gasteiger partial charge is 0.183 e. The van der Waals surface area contributed by atoms with Crippen molar-refractivity contribution < 1.29 is 0 Å². The molecule has 1 aliphatic rings. The van der Waals surface area contributed by atoms with E-state index in [1.165, 1.54) is 12.8 Å². The number of rotatable bonds is 1. The number of fused-ring (bicyclic) bond motifs is 1. The molecule has 4 nitrogen and oxygen atoms in total. The number of nitrogens with two attached hydrogens (primary N) is 1. The van der Waals surface area contributed by atoms with Crippen LogP contribution < -0.4 is 5.73 Å². The zero-order chi connectivity index (χ0) is 11.8. The fourth-order valence-corrected chi connectivity index (χ4v) is 2.37. The van der Waals surface area contributed by atoms with Crippen LogP contribution >= 0.6 is 0 Å². The van der Waals surface area contributed by atoms with Gasteiger partial charge in [-0.3, -0.25) is 0 Å². The zero-order valence-electron chi connectivity index (χ0n) is 9.93. The minimum atomic E-state index is 0.449. The van der Waals surface area contributed by atoms with Crippen LogP contribution in [0.2, 0.25) is 0 Å². The first-order chi connectivity index (χ1) is 8.25. The highest BCUT2D eigenvalue weighted by molar-refractivity contribution is 5.70. The van der Waals surface area contributed by atoms with Crippen molar-refractivity contribution in [3.63, 3.8) is 0 Å². The Morgan fingerprint density at radius 1 is 1.35 bits per heavy atom. The largest absolute Gasteiger partial charge is 0.398 e. The fraction of sp³-hybridized carbons (Fsp3) is 0.385. The van der Waals surface area contributed by atoms with E-state index in [1.807, 2.05) is 28.9 Å². The Balaban J connectivity index is 2.08. The van der Waals surface area contributed by atoms with Crippen molar-refractivity contribution in [3.8, 4) is 11.4 Å². The molecule has 3 rings (SSSR count). The summed E-state index contributed by atoms with van der Waals surface area (Å²) in [4.78, 5) is 4.60. The summed E-state index contributed by atoms with van der Waals surface area (Å²) in [6.45, 7) is 2.19. The number of aromatic nitrogens is 3. The number of benzene rings is 1. The first-order valence-corrected chi connectivity index (χ1v) is 6.06. The molecule has 0 spiro atoms. The lowest BCUT2D eigenvalue weighted by atomic mass is 10.1. The minimum absolute atomic E-state index is 0.449. The Hall–Kier alpha value is -1.84. The van der Waals surface area contributed by atoms with Crippen LogP contribution in [0.25, 0.3) is 11.4 Å². The molecule has 1 aromatic heterocycles. The van der Waals surface area contributed by atoms with Crippen molar-refractivity contribution in [2.24, 2.45) is 0 Å². The predicted molar refractivity (Wildman–Crippen MR) is 67.5 cm³/mol. The van der Waals surface area contributed by atoms with Gasteiger partial charge in [0.25, 0.3) is 0 Å². The molecule has 0 saturated carbocycles. The third-order valence-corrected chi connectivity index (χ3v) is 3.34. The first kappa shape index (κ1) is 10.3. The van der Waals surface area contributed by atoms with Crippen LogP contribution in [0.1, 0.15) is 31.6 Å². The fourth-order valence-electron chi connectivity index (χ4n) is 2.37. The van der Waals surface area contributed by atoms with Crippen LogP contribution in [0.4, 0.5) is 5.69 Å². The maximum Gasteiger partial charge on any atom is 0.183 e. The highest BCUT2D eigenvalue weighted by Gasteiger charge is 2.20. The average molecular weight is 228 g/mol. The monoisotopic (exact) mass is 228 g/mol. The van der Waals surface area contributed by atoms with E-state index in [4.69, 9.17) is 5.73 Å². The molecule has 2 N–H and O–H groups in total. The van der Waals surface area contributed by atoms with E-state index >= 15 is 0 Å². The maximum atomic E-state index is 5.96. The van der Waals surface area contributed by atoms with Crippen LogP contribution in [0.3, 0.4) is 0 Å². The topological polar surface area (TPSA) is 56.7 Å². The number of nitrogens with zero attached hydrogens (tertiary/aromatic N) is 3. The van der Waals surface area contributed by atoms with Crippen LogP contribution in [0.5, 0.6) is 0 Å². The van der Waals surface area contributed by atoms with Crippen LogP contribution in [0.15, 0.2) is 24.3 Å². The van der Waals surface area contributed by atoms with Crippen LogP contribution in [0, 0.1) is 0 Å². The predicted octanol–water partition coefficient (Wildman–Crippen LogP) is 2.42. The molecule has 1 aliphatic heterocycles. The molecule has 0 aliphatic carbocycles. The number of hydrogen-bond donors (Lipinski definition) is 1. The van der Waals surface area contributed by atoms with Gasteiger partial charge in [0.1, 0.15) is 5.82 Å². The normalized spacial score (nSPS) is 19.0. The molecule has 0 saturated heterocycles. The summed E-state index contributed by atoms with van der Waals surface area (Å²) < 4.78 is 2.05. The summed E-state index contributed by atoms with van der Waals surface area (Å²) in [6, 6.07) is 8.21. The maximum absolute atomic E-state index is 5.96. The van der Waals surface area contributed by atoms with E-state index in [-0.39, 0.29) is 0 Å². The van der Waals surface area contributed by atoms with Crippen molar-refractivity contribution in [1.29, 1.82) is 0 Å². The summed E-state index contributed by atoms with van der Waals surface area (Å²) in [5, 5.41) is 4.59. The molecule has 2 heterocycles. The van der Waals surface area contributed by atoms with Crippen molar-refractivity contribution in [3.05, 3.63) is 30.1 Å². The lowest BCUT2D eigenvalue weighted by molar-refractivity contribution is 0.389. The number of hydrogen-bond acceptors (Lipinski definition) is 3. The summed E-state index contributed by atoms with van der Waals surface area (Å²) in [5.41, 5.74) is 7.63. The van der Waals surface area contributed by atoms with Gasteiger partial charge in [0.05, 0.1) is 6.04 Å². The summed E-state index contributed by atoms with van der Waals surface area (Å²) in [5.74, 6) is 1.84. The van der Waals surface area contributed by atoms with Crippen LogP contribution in [-0.2, 0) is 6.42 Å². The van der Waals surface area contributed by atoms with Gasteiger partial charge in [-0.05, 0) is 31.9 Å². The Kier molecular flexibility index (Phi) is 2.35. The van der Waals surface area contributed by atoms with Crippen molar-refractivity contribution in [1.82, 2.24) is 14.8 Å². The highest BCUT2D eigenvalue weighted by atomic mass is 15.4. The number of nitrogen functional groups attached to an aromatic ring is 1. The third kappa shape index (κ3) is 1.69. The zero-order valence-corrected chi connectivity index (χ0v) is 9.93. The molecule has 0 fully saturated rings. The third-order valence-electron chi connectivity index (χ3n) is 3.34. The van der Waals surface area contributed by atoms with Gasteiger partial charge in [-0.1, -0.05) is 12.1 Å². The van der Waals surface area contributed by atoms with Crippen molar-refractivity contribution in [2.45, 2.75) is 32.2 Å². The van der Waals surface area contributed by atoms with Gasteiger partial charge in [-0.2, -0.15) is 5.10 Å². The molecule has 1 aromatic carbocycles. The van der Waals surface area contributed by atoms with Gasteiger partial charge >= 0.3 is 0 Å². The molecule has 17 heavy (non-hydrogen) atoms. The molecule has 0 radical (unpaired) electrons. The highest BCUT2D eigenvalue weighted by Crippen LogP contribution is 2.27. The van der Waals surface area contributed by atoms with Gasteiger partial charge in [0.2, 0.25) is 0 Å². The number of para-hydroxylation sites is 1. The summed E-state index contributed by atoms with van der Waals surface area (Å²) in [6.07, 6.45) is 3.40. The van der Waals surface area contributed by atoms with Gasteiger partial charge in [0, 0.05) is 17.7 Å². The van der Waals surface area contributed by atoms with Crippen molar-refractivity contribution >= 4 is 5.69 Å². The Morgan fingerprint density at radius 2 is 2.18 bits per heavy atom. The Bertz CT molecular complexity index is 544. The summed E-state index contributed by atoms with van der Waals surface area (Å²) >= 11 is 0. The Labute approximate surface area is 100 Å². The molecule has 88 valence electrons. The lowest BCUT2D eigenvalue weighted by Gasteiger charge is -2.18. The average Bonchev–Trinajstić information content (AvgIpc) is 2.75. The number of anilines is 1. The molecule has 2 aromatic rings. The van der Waals surface area contributed by atoms with Crippen LogP contribution in [-0.4, -0.2) is 14.8 Å². The molecule has 1 unspecified atom stereocenters.